The normalized spacial score (nSPS) is 19.6. The first-order valence-corrected chi connectivity index (χ1v) is 15.4. The quantitative estimate of drug-likeness (QED) is 0.311. The third kappa shape index (κ3) is 6.11. The van der Waals surface area contributed by atoms with E-state index in [1.54, 1.807) is 18.2 Å². The summed E-state index contributed by atoms with van der Waals surface area (Å²) in [4.78, 5) is 39.9. The molecule has 1 heterocycles. The number of ketones is 2. The number of benzene rings is 2. The Hall–Kier alpha value is -2.85. The monoisotopic (exact) mass is 703 g/mol. The lowest BCUT2D eigenvalue weighted by Gasteiger charge is -2.42. The van der Waals surface area contributed by atoms with Gasteiger partial charge in [-0.05, 0) is 75.7 Å². The van der Waals surface area contributed by atoms with Gasteiger partial charge in [0.25, 0.3) is 5.91 Å². The Balaban J connectivity index is 1.49. The number of amides is 1. The Labute approximate surface area is 265 Å². The maximum atomic E-state index is 13.6. The smallest absolute Gasteiger partial charge is 0.262 e. The van der Waals surface area contributed by atoms with Gasteiger partial charge in [-0.1, -0.05) is 45.4 Å². The first kappa shape index (κ1) is 30.6. The molecule has 2 aromatic carbocycles. The van der Waals surface area contributed by atoms with Crippen LogP contribution in [0.3, 0.4) is 0 Å². The SMILES string of the molecule is COc1cc(C2C3=C(CC(C)(C)CC3=O)OC3=C2C(=O)CC(C)(C)C3)cc(I)c1OCC(=O)Nc1ccc(C)c(Cl)c1. The molecule has 0 saturated carbocycles. The van der Waals surface area contributed by atoms with E-state index in [1.807, 2.05) is 19.1 Å². The number of halogens is 2. The van der Waals surface area contributed by atoms with E-state index in [0.29, 0.717) is 74.1 Å². The van der Waals surface area contributed by atoms with Gasteiger partial charge in [0.2, 0.25) is 0 Å². The van der Waals surface area contributed by atoms with Crippen molar-refractivity contribution < 1.29 is 28.6 Å². The number of anilines is 1. The van der Waals surface area contributed by atoms with Crippen molar-refractivity contribution in [3.63, 3.8) is 0 Å². The number of methoxy groups -OCH3 is 1. The van der Waals surface area contributed by atoms with E-state index in [1.165, 1.54) is 7.11 Å². The number of nitrogens with one attached hydrogen (secondary N) is 1. The first-order chi connectivity index (χ1) is 19.7. The number of rotatable bonds is 6. The van der Waals surface area contributed by atoms with Crippen molar-refractivity contribution in [2.24, 2.45) is 10.8 Å². The second kappa shape index (κ2) is 11.3. The number of carbonyl (C=O) groups is 3. The van der Waals surface area contributed by atoms with E-state index in [0.717, 1.165) is 11.1 Å². The Bertz CT molecular complexity index is 1520. The van der Waals surface area contributed by atoms with Crippen molar-refractivity contribution in [3.8, 4) is 11.5 Å². The van der Waals surface area contributed by atoms with E-state index in [2.05, 4.69) is 55.6 Å². The maximum Gasteiger partial charge on any atom is 0.262 e. The van der Waals surface area contributed by atoms with Crippen LogP contribution in [0, 0.1) is 21.3 Å². The van der Waals surface area contributed by atoms with Crippen molar-refractivity contribution in [2.45, 2.75) is 66.2 Å². The molecule has 5 rings (SSSR count). The summed E-state index contributed by atoms with van der Waals surface area (Å²) in [5.74, 6) is 1.22. The van der Waals surface area contributed by atoms with Gasteiger partial charge in [-0.25, -0.2) is 0 Å². The highest BCUT2D eigenvalue weighted by Gasteiger charge is 2.48. The highest BCUT2D eigenvalue weighted by atomic mass is 127. The molecule has 42 heavy (non-hydrogen) atoms. The van der Waals surface area contributed by atoms with Crippen LogP contribution in [0.1, 0.15) is 70.4 Å². The number of hydrogen-bond donors (Lipinski definition) is 1. The predicted molar refractivity (Wildman–Crippen MR) is 170 cm³/mol. The second-order valence-electron chi connectivity index (χ2n) is 12.9. The van der Waals surface area contributed by atoms with Crippen LogP contribution in [0.2, 0.25) is 5.02 Å². The molecule has 3 aliphatic rings. The van der Waals surface area contributed by atoms with Gasteiger partial charge < -0.3 is 19.5 Å². The minimum Gasteiger partial charge on any atom is -0.493 e. The Morgan fingerprint density at radius 2 is 1.60 bits per heavy atom. The lowest BCUT2D eigenvalue weighted by atomic mass is 9.65. The lowest BCUT2D eigenvalue weighted by molar-refractivity contribution is -0.120. The van der Waals surface area contributed by atoms with Gasteiger partial charge >= 0.3 is 0 Å². The summed E-state index contributed by atoms with van der Waals surface area (Å²) in [6, 6.07) is 9.01. The van der Waals surface area contributed by atoms with Gasteiger partial charge in [0.1, 0.15) is 11.5 Å². The molecule has 1 amide bonds. The van der Waals surface area contributed by atoms with E-state index in [9.17, 15) is 14.4 Å². The Kier molecular flexibility index (Phi) is 8.26. The maximum absolute atomic E-state index is 13.6. The molecule has 222 valence electrons. The molecule has 9 heteroatoms. The van der Waals surface area contributed by atoms with Crippen LogP contribution in [-0.2, 0) is 19.1 Å². The van der Waals surface area contributed by atoms with Crippen LogP contribution in [0.4, 0.5) is 5.69 Å². The fourth-order valence-corrected chi connectivity index (χ4v) is 7.02. The van der Waals surface area contributed by atoms with Gasteiger partial charge in [0.15, 0.2) is 29.7 Å². The number of hydrogen-bond acceptors (Lipinski definition) is 6. The summed E-state index contributed by atoms with van der Waals surface area (Å²) in [6.07, 6.45) is 1.99. The molecule has 0 atom stereocenters. The number of ether oxygens (including phenoxy) is 3. The molecule has 2 aliphatic carbocycles. The number of aryl methyl sites for hydroxylation is 1. The summed E-state index contributed by atoms with van der Waals surface area (Å²) in [7, 11) is 1.53. The zero-order valence-electron chi connectivity index (χ0n) is 24.7. The fourth-order valence-electron chi connectivity index (χ4n) is 6.06. The lowest BCUT2D eigenvalue weighted by Crippen LogP contribution is -2.37. The number of allylic oxidation sites excluding steroid dienone is 4. The molecule has 2 aromatic rings. The standard InChI is InChI=1S/C33H35ClINO6/c1-17-7-8-19(11-20(17)34)36-27(39)16-41-31-21(35)9-18(10-24(31)40-6)28-29-22(37)12-32(2,3)14-25(29)42-26-15-33(4,5)13-23(38)30(26)28/h7-11,28H,12-16H2,1-6H3,(H,36,39). The van der Waals surface area contributed by atoms with E-state index < -0.39 is 5.92 Å². The van der Waals surface area contributed by atoms with Crippen LogP contribution in [0.25, 0.3) is 0 Å². The van der Waals surface area contributed by atoms with Crippen molar-refractivity contribution in [2.75, 3.05) is 19.0 Å². The fraction of sp³-hybridized carbons (Fsp3) is 0.424. The van der Waals surface area contributed by atoms with Gasteiger partial charge in [0.05, 0.1) is 10.7 Å². The number of carbonyl (C=O) groups excluding carboxylic acids is 3. The van der Waals surface area contributed by atoms with Crippen molar-refractivity contribution >= 4 is 57.4 Å². The van der Waals surface area contributed by atoms with Crippen molar-refractivity contribution in [1.82, 2.24) is 0 Å². The van der Waals surface area contributed by atoms with Crippen LogP contribution >= 0.6 is 34.2 Å². The van der Waals surface area contributed by atoms with Crippen molar-refractivity contribution in [1.29, 1.82) is 0 Å². The van der Waals surface area contributed by atoms with E-state index in [4.69, 9.17) is 25.8 Å². The molecule has 0 saturated heterocycles. The molecule has 0 unspecified atom stereocenters. The molecule has 0 radical (unpaired) electrons. The summed E-state index contributed by atoms with van der Waals surface area (Å²) >= 11 is 8.32. The van der Waals surface area contributed by atoms with Crippen molar-refractivity contribution in [3.05, 3.63) is 72.7 Å². The third-order valence-corrected chi connectivity index (χ3v) is 9.18. The third-order valence-electron chi connectivity index (χ3n) is 7.97. The van der Waals surface area contributed by atoms with E-state index in [-0.39, 0.29) is 34.9 Å². The largest absolute Gasteiger partial charge is 0.493 e. The molecule has 7 nitrogen and oxygen atoms in total. The van der Waals surface area contributed by atoms with Gasteiger partial charge in [-0.3, -0.25) is 14.4 Å². The molecule has 1 N–H and O–H groups in total. The average Bonchev–Trinajstić information content (AvgIpc) is 2.87. The highest BCUT2D eigenvalue weighted by Crippen LogP contribution is 2.54. The zero-order valence-corrected chi connectivity index (χ0v) is 27.6. The van der Waals surface area contributed by atoms with Gasteiger partial charge in [0, 0.05) is 53.5 Å². The summed E-state index contributed by atoms with van der Waals surface area (Å²) in [5, 5.41) is 3.35. The minimum absolute atomic E-state index is 0.00221. The summed E-state index contributed by atoms with van der Waals surface area (Å²) < 4.78 is 18.8. The highest BCUT2D eigenvalue weighted by molar-refractivity contribution is 14.1. The molecule has 0 fully saturated rings. The van der Waals surface area contributed by atoms with Crippen LogP contribution in [0.15, 0.2) is 53.0 Å². The molecule has 0 spiro atoms. The van der Waals surface area contributed by atoms with Gasteiger partial charge in [-0.2, -0.15) is 0 Å². The molecular weight excluding hydrogens is 669 g/mol. The summed E-state index contributed by atoms with van der Waals surface area (Å²) in [6.45, 7) is 9.90. The van der Waals surface area contributed by atoms with E-state index >= 15 is 0 Å². The predicted octanol–water partition coefficient (Wildman–Crippen LogP) is 7.68. The molecule has 0 bridgehead atoms. The second-order valence-corrected chi connectivity index (χ2v) is 14.5. The van der Waals surface area contributed by atoms with Crippen LogP contribution in [-0.4, -0.2) is 31.2 Å². The molecular formula is C33H35ClINO6. The summed E-state index contributed by atoms with van der Waals surface area (Å²) in [5.41, 5.74) is 2.89. The topological polar surface area (TPSA) is 90.9 Å². The number of Topliss-reactive ketones (excluding diaryl/α,β-unsaturated/α-hetero) is 2. The van der Waals surface area contributed by atoms with Crippen LogP contribution < -0.4 is 14.8 Å². The average molecular weight is 704 g/mol. The Morgan fingerprint density at radius 3 is 2.14 bits per heavy atom. The Morgan fingerprint density at radius 1 is 1.00 bits per heavy atom. The van der Waals surface area contributed by atoms with Crippen LogP contribution in [0.5, 0.6) is 11.5 Å². The first-order valence-electron chi connectivity index (χ1n) is 13.9. The minimum atomic E-state index is -0.554. The molecule has 1 aliphatic heterocycles. The zero-order chi connectivity index (χ0) is 30.6. The van der Waals surface area contributed by atoms with Gasteiger partial charge in [-0.15, -0.1) is 0 Å². The molecule has 0 aromatic heterocycles.